The number of nitrogens with zero attached hydrogens (tertiary/aromatic N) is 1. The van der Waals surface area contributed by atoms with Crippen LogP contribution in [0.25, 0.3) is 0 Å². The zero-order valence-electron chi connectivity index (χ0n) is 11.1. The van der Waals surface area contributed by atoms with Crippen molar-refractivity contribution in [3.63, 3.8) is 0 Å². The van der Waals surface area contributed by atoms with E-state index in [1.54, 1.807) is 0 Å². The predicted molar refractivity (Wildman–Crippen MR) is 75.8 cm³/mol. The summed E-state index contributed by atoms with van der Waals surface area (Å²) in [5, 5.41) is 3.57. The zero-order valence-corrected chi connectivity index (χ0v) is 11.1. The summed E-state index contributed by atoms with van der Waals surface area (Å²) in [6.45, 7) is 3.56. The van der Waals surface area contributed by atoms with Crippen molar-refractivity contribution >= 4 is 0 Å². The summed E-state index contributed by atoms with van der Waals surface area (Å²) in [5.41, 5.74) is 1.48. The van der Waals surface area contributed by atoms with Gasteiger partial charge >= 0.3 is 0 Å². The number of hydrogen-bond donors (Lipinski definition) is 1. The van der Waals surface area contributed by atoms with Gasteiger partial charge in [-0.1, -0.05) is 43.2 Å². The average Bonchev–Trinajstić information content (AvgIpc) is 2.94. The predicted octanol–water partition coefficient (Wildman–Crippen LogP) is 2.45. The van der Waals surface area contributed by atoms with Crippen LogP contribution in [0.5, 0.6) is 0 Å². The van der Waals surface area contributed by atoms with Crippen molar-refractivity contribution in [3.05, 3.63) is 35.9 Å². The van der Waals surface area contributed by atoms with Crippen molar-refractivity contribution in [2.45, 2.75) is 44.2 Å². The highest BCUT2D eigenvalue weighted by Crippen LogP contribution is 2.26. The lowest BCUT2D eigenvalue weighted by Crippen LogP contribution is -2.55. The maximum absolute atomic E-state index is 3.57. The second kappa shape index (κ2) is 5.85. The van der Waals surface area contributed by atoms with Crippen molar-refractivity contribution < 1.29 is 0 Å². The van der Waals surface area contributed by atoms with Crippen molar-refractivity contribution in [2.24, 2.45) is 0 Å². The first-order valence-electron chi connectivity index (χ1n) is 7.44. The minimum absolute atomic E-state index is 0.698. The first-order valence-corrected chi connectivity index (χ1v) is 7.44. The molecule has 18 heavy (non-hydrogen) atoms. The summed E-state index contributed by atoms with van der Waals surface area (Å²) < 4.78 is 0. The van der Waals surface area contributed by atoms with E-state index >= 15 is 0 Å². The van der Waals surface area contributed by atoms with Crippen molar-refractivity contribution in [3.8, 4) is 0 Å². The van der Waals surface area contributed by atoms with Crippen LogP contribution < -0.4 is 5.32 Å². The van der Waals surface area contributed by atoms with Gasteiger partial charge in [-0.25, -0.2) is 0 Å². The first kappa shape index (κ1) is 12.2. The smallest absolute Gasteiger partial charge is 0.0264 e. The Morgan fingerprint density at radius 3 is 2.67 bits per heavy atom. The molecule has 1 heterocycles. The molecule has 0 amide bonds. The third-order valence-electron chi connectivity index (χ3n) is 4.50. The lowest BCUT2D eigenvalue weighted by molar-refractivity contribution is 0.108. The van der Waals surface area contributed by atoms with Gasteiger partial charge in [-0.3, -0.25) is 4.90 Å². The van der Waals surface area contributed by atoms with E-state index in [1.165, 1.54) is 50.8 Å². The van der Waals surface area contributed by atoms with Gasteiger partial charge in [-0.2, -0.15) is 0 Å². The van der Waals surface area contributed by atoms with Gasteiger partial charge in [0.15, 0.2) is 0 Å². The summed E-state index contributed by atoms with van der Waals surface area (Å²) in [6.07, 6.45) is 6.92. The molecular formula is C16H24N2. The molecule has 2 nitrogen and oxygen atoms in total. The third-order valence-corrected chi connectivity index (χ3v) is 4.50. The van der Waals surface area contributed by atoms with Gasteiger partial charge in [0.05, 0.1) is 0 Å². The Balaban J connectivity index is 1.67. The molecular weight excluding hydrogens is 220 g/mol. The largest absolute Gasteiger partial charge is 0.314 e. The first-order chi connectivity index (χ1) is 8.93. The van der Waals surface area contributed by atoms with E-state index in [9.17, 15) is 0 Å². The third kappa shape index (κ3) is 2.76. The molecule has 0 spiro atoms. The second-order valence-corrected chi connectivity index (χ2v) is 5.72. The molecule has 0 aromatic heterocycles. The number of piperazine rings is 1. The maximum Gasteiger partial charge on any atom is 0.0264 e. The Labute approximate surface area is 110 Å². The topological polar surface area (TPSA) is 15.3 Å². The summed E-state index contributed by atoms with van der Waals surface area (Å²) >= 11 is 0. The van der Waals surface area contributed by atoms with Crippen molar-refractivity contribution in [2.75, 3.05) is 19.6 Å². The molecule has 1 aliphatic carbocycles. The maximum atomic E-state index is 3.57. The number of hydrogen-bond acceptors (Lipinski definition) is 2. The van der Waals surface area contributed by atoms with Crippen LogP contribution >= 0.6 is 0 Å². The lowest BCUT2D eigenvalue weighted by Gasteiger charge is -2.40. The van der Waals surface area contributed by atoms with Crippen LogP contribution in [0.2, 0.25) is 0 Å². The Bertz CT molecular complexity index is 357. The van der Waals surface area contributed by atoms with E-state index in [0.29, 0.717) is 6.04 Å². The van der Waals surface area contributed by atoms with Gasteiger partial charge in [0.1, 0.15) is 0 Å². The Hall–Kier alpha value is -0.860. The van der Waals surface area contributed by atoms with E-state index in [0.717, 1.165) is 12.6 Å². The molecule has 1 aromatic carbocycles. The summed E-state index contributed by atoms with van der Waals surface area (Å²) in [4.78, 5) is 2.79. The molecule has 3 rings (SSSR count). The van der Waals surface area contributed by atoms with Crippen LogP contribution in [0.3, 0.4) is 0 Å². The fraction of sp³-hybridized carbons (Fsp3) is 0.625. The number of rotatable bonds is 3. The lowest BCUT2D eigenvalue weighted by atomic mass is 10.0. The molecule has 1 atom stereocenters. The molecule has 1 N–H and O–H groups in total. The Morgan fingerprint density at radius 2 is 1.89 bits per heavy atom. The molecule has 98 valence electrons. The number of nitrogens with one attached hydrogen (secondary N) is 1. The number of benzene rings is 1. The molecule has 2 heteroatoms. The fourth-order valence-electron chi connectivity index (χ4n) is 3.57. The van der Waals surface area contributed by atoms with E-state index < -0.39 is 0 Å². The quantitative estimate of drug-likeness (QED) is 0.878. The van der Waals surface area contributed by atoms with Crippen LogP contribution in [0, 0.1) is 0 Å². The van der Waals surface area contributed by atoms with E-state index in [2.05, 4.69) is 40.5 Å². The summed E-state index contributed by atoms with van der Waals surface area (Å²) in [5.74, 6) is 0. The highest BCUT2D eigenvalue weighted by molar-refractivity contribution is 5.16. The normalized spacial score (nSPS) is 26.6. The van der Waals surface area contributed by atoms with Crippen LogP contribution in [-0.2, 0) is 6.42 Å². The average molecular weight is 244 g/mol. The molecule has 2 fully saturated rings. The monoisotopic (exact) mass is 244 g/mol. The highest BCUT2D eigenvalue weighted by Gasteiger charge is 2.30. The second-order valence-electron chi connectivity index (χ2n) is 5.72. The van der Waals surface area contributed by atoms with E-state index in [4.69, 9.17) is 0 Å². The molecule has 0 radical (unpaired) electrons. The molecule has 1 aromatic rings. The molecule has 1 saturated carbocycles. The standard InChI is InChI=1S/C16H24N2/c1-2-6-14(7-3-1)12-16-13-17-10-11-18(16)15-8-4-5-9-15/h1-3,6-7,15-17H,4-5,8-13H2. The van der Waals surface area contributed by atoms with E-state index in [-0.39, 0.29) is 0 Å². The van der Waals surface area contributed by atoms with Gasteiger partial charge < -0.3 is 5.32 Å². The summed E-state index contributed by atoms with van der Waals surface area (Å²) in [7, 11) is 0. The van der Waals surface area contributed by atoms with Gasteiger partial charge in [-0.05, 0) is 24.8 Å². The summed E-state index contributed by atoms with van der Waals surface area (Å²) in [6, 6.07) is 12.5. The SMILES string of the molecule is c1ccc(CC2CNCCN2C2CCCC2)cc1. The fourth-order valence-corrected chi connectivity index (χ4v) is 3.57. The zero-order chi connectivity index (χ0) is 12.2. The van der Waals surface area contributed by atoms with Gasteiger partial charge in [-0.15, -0.1) is 0 Å². The van der Waals surface area contributed by atoms with Gasteiger partial charge in [0.25, 0.3) is 0 Å². The van der Waals surface area contributed by atoms with Crippen molar-refractivity contribution in [1.29, 1.82) is 0 Å². The van der Waals surface area contributed by atoms with Gasteiger partial charge in [0, 0.05) is 31.7 Å². The Kier molecular flexibility index (Phi) is 3.96. The molecule has 1 unspecified atom stereocenters. The van der Waals surface area contributed by atoms with Gasteiger partial charge in [0.2, 0.25) is 0 Å². The van der Waals surface area contributed by atoms with Crippen LogP contribution in [0.15, 0.2) is 30.3 Å². The highest BCUT2D eigenvalue weighted by atomic mass is 15.2. The molecule has 0 bridgehead atoms. The van der Waals surface area contributed by atoms with E-state index in [1.807, 2.05) is 0 Å². The Morgan fingerprint density at radius 1 is 1.11 bits per heavy atom. The van der Waals surface area contributed by atoms with Crippen LogP contribution in [0.1, 0.15) is 31.2 Å². The van der Waals surface area contributed by atoms with Crippen LogP contribution in [0.4, 0.5) is 0 Å². The minimum Gasteiger partial charge on any atom is -0.314 e. The molecule has 1 saturated heterocycles. The van der Waals surface area contributed by atoms with Crippen LogP contribution in [-0.4, -0.2) is 36.6 Å². The molecule has 1 aliphatic heterocycles. The van der Waals surface area contributed by atoms with Crippen molar-refractivity contribution in [1.82, 2.24) is 10.2 Å². The minimum atomic E-state index is 0.698. The molecule has 2 aliphatic rings.